The molecule has 0 radical (unpaired) electrons. The average Bonchev–Trinajstić information content (AvgIpc) is 2.86. The molecule has 0 saturated carbocycles. The van der Waals surface area contributed by atoms with Crippen molar-refractivity contribution in [3.05, 3.63) is 17.7 Å². The zero-order valence-electron chi connectivity index (χ0n) is 15.5. The first kappa shape index (κ1) is 21.1. The van der Waals surface area contributed by atoms with Crippen LogP contribution in [0, 0.1) is 6.92 Å². The van der Waals surface area contributed by atoms with Crippen LogP contribution in [-0.4, -0.2) is 56.6 Å². The van der Waals surface area contributed by atoms with E-state index in [1.807, 2.05) is 32.6 Å². The fourth-order valence-corrected chi connectivity index (χ4v) is 2.35. The largest absolute Gasteiger partial charge is 0.480 e. The van der Waals surface area contributed by atoms with Crippen molar-refractivity contribution in [3.8, 4) is 0 Å². The van der Waals surface area contributed by atoms with Crippen LogP contribution < -0.4 is 5.73 Å². The molecule has 1 atom stereocenters. The van der Waals surface area contributed by atoms with Crippen molar-refractivity contribution in [2.75, 3.05) is 13.1 Å². The molecular weight excluding hydrogens is 324 g/mol. The number of ether oxygens (including phenoxy) is 1. The van der Waals surface area contributed by atoms with E-state index in [9.17, 15) is 9.59 Å². The summed E-state index contributed by atoms with van der Waals surface area (Å²) in [6, 6.07) is -0.841. The number of aromatic amines is 1. The van der Waals surface area contributed by atoms with E-state index in [4.69, 9.17) is 15.6 Å². The minimum Gasteiger partial charge on any atom is -0.480 e. The Morgan fingerprint density at radius 2 is 2.08 bits per heavy atom. The van der Waals surface area contributed by atoms with Gasteiger partial charge in [0.05, 0.1) is 13.1 Å². The number of unbranched alkanes of at least 4 members (excludes halogenated alkanes) is 1. The Morgan fingerprint density at radius 1 is 1.40 bits per heavy atom. The summed E-state index contributed by atoms with van der Waals surface area (Å²) in [7, 11) is 0. The molecule has 1 aromatic rings. The van der Waals surface area contributed by atoms with Gasteiger partial charge < -0.3 is 20.6 Å². The molecule has 4 N–H and O–H groups in total. The van der Waals surface area contributed by atoms with Crippen LogP contribution in [0.25, 0.3) is 0 Å². The van der Waals surface area contributed by atoms with Crippen molar-refractivity contribution in [3.63, 3.8) is 0 Å². The van der Waals surface area contributed by atoms with Gasteiger partial charge in [-0.3, -0.25) is 14.5 Å². The van der Waals surface area contributed by atoms with Gasteiger partial charge in [-0.2, -0.15) is 0 Å². The number of nitrogens with two attached hydrogens (primary N) is 1. The fraction of sp³-hybridized carbons (Fsp3) is 0.706. The highest BCUT2D eigenvalue weighted by Crippen LogP contribution is 2.10. The molecule has 0 aromatic carbocycles. The highest BCUT2D eigenvalue weighted by atomic mass is 16.6. The van der Waals surface area contributed by atoms with E-state index in [0.717, 1.165) is 17.9 Å². The summed E-state index contributed by atoms with van der Waals surface area (Å²) in [5, 5.41) is 8.81. The van der Waals surface area contributed by atoms with E-state index in [1.165, 1.54) is 0 Å². The molecule has 1 aromatic heterocycles. The van der Waals surface area contributed by atoms with E-state index in [0.29, 0.717) is 25.9 Å². The molecule has 0 amide bonds. The number of carboxylic acids is 1. The number of aliphatic carboxylic acids is 1. The summed E-state index contributed by atoms with van der Waals surface area (Å²) in [5.74, 6) is -0.502. The lowest BCUT2D eigenvalue weighted by atomic mass is 10.1. The van der Waals surface area contributed by atoms with Crippen LogP contribution in [0.5, 0.6) is 0 Å². The lowest BCUT2D eigenvalue weighted by molar-refractivity contribution is -0.156. The smallest absolute Gasteiger partial charge is 0.320 e. The first-order valence-corrected chi connectivity index (χ1v) is 8.50. The van der Waals surface area contributed by atoms with Crippen LogP contribution in [0.3, 0.4) is 0 Å². The van der Waals surface area contributed by atoms with Crippen LogP contribution in [0.4, 0.5) is 0 Å². The molecule has 1 heterocycles. The maximum Gasteiger partial charge on any atom is 0.320 e. The van der Waals surface area contributed by atoms with Gasteiger partial charge in [0.1, 0.15) is 17.5 Å². The highest BCUT2D eigenvalue weighted by Gasteiger charge is 2.20. The number of nitrogens with zero attached hydrogens (tertiary/aromatic N) is 2. The van der Waals surface area contributed by atoms with Crippen molar-refractivity contribution in [1.82, 2.24) is 14.9 Å². The van der Waals surface area contributed by atoms with Crippen LogP contribution >= 0.6 is 0 Å². The molecule has 0 aliphatic heterocycles. The number of imidazole rings is 1. The van der Waals surface area contributed by atoms with Gasteiger partial charge in [-0.15, -0.1) is 0 Å². The van der Waals surface area contributed by atoms with Gasteiger partial charge in [0.15, 0.2) is 0 Å². The normalized spacial score (nSPS) is 13.0. The first-order chi connectivity index (χ1) is 11.6. The molecule has 8 nitrogen and oxygen atoms in total. The summed E-state index contributed by atoms with van der Waals surface area (Å²) in [6.45, 7) is 8.70. The van der Waals surface area contributed by atoms with Gasteiger partial charge in [-0.05, 0) is 47.1 Å². The molecule has 0 aliphatic carbocycles. The molecule has 0 unspecified atom stereocenters. The van der Waals surface area contributed by atoms with Gasteiger partial charge in [0, 0.05) is 11.9 Å². The topological polar surface area (TPSA) is 122 Å². The average molecular weight is 354 g/mol. The number of hydrogen-bond donors (Lipinski definition) is 3. The highest BCUT2D eigenvalue weighted by molar-refractivity contribution is 5.73. The van der Waals surface area contributed by atoms with E-state index in [2.05, 4.69) is 9.97 Å². The zero-order valence-corrected chi connectivity index (χ0v) is 15.5. The van der Waals surface area contributed by atoms with Crippen molar-refractivity contribution >= 4 is 11.9 Å². The standard InChI is InChI=1S/C17H30N4O4/c1-12-9-19-14(20-12)10-21(11-15(22)25-17(2,3)4)8-6-5-7-13(18)16(23)24/h9,13H,5-8,10-11,18H2,1-4H3,(H,19,20)(H,23,24)/t13-/m0/s1. The Morgan fingerprint density at radius 3 is 2.60 bits per heavy atom. The second kappa shape index (κ2) is 9.53. The molecule has 0 bridgehead atoms. The quantitative estimate of drug-likeness (QED) is 0.429. The summed E-state index contributed by atoms with van der Waals surface area (Å²) in [6.07, 6.45) is 3.57. The minimum atomic E-state index is -0.989. The molecule has 142 valence electrons. The summed E-state index contributed by atoms with van der Waals surface area (Å²) >= 11 is 0. The van der Waals surface area contributed by atoms with Crippen molar-refractivity contribution in [2.45, 2.75) is 65.1 Å². The van der Waals surface area contributed by atoms with Crippen LogP contribution in [-0.2, 0) is 20.9 Å². The number of carbonyl (C=O) groups is 2. The van der Waals surface area contributed by atoms with E-state index in [1.54, 1.807) is 6.20 Å². The minimum absolute atomic E-state index is 0.155. The number of aromatic nitrogens is 2. The second-order valence-electron chi connectivity index (χ2n) is 7.25. The second-order valence-corrected chi connectivity index (χ2v) is 7.25. The molecule has 8 heteroatoms. The predicted octanol–water partition coefficient (Wildman–Crippen LogP) is 1.44. The lowest BCUT2D eigenvalue weighted by Gasteiger charge is -2.24. The number of carbonyl (C=O) groups excluding carboxylic acids is 1. The van der Waals surface area contributed by atoms with Crippen LogP contribution in [0.2, 0.25) is 0 Å². The summed E-state index contributed by atoms with van der Waals surface area (Å²) in [4.78, 5) is 32.2. The van der Waals surface area contributed by atoms with E-state index in [-0.39, 0.29) is 12.5 Å². The zero-order chi connectivity index (χ0) is 19.0. The van der Waals surface area contributed by atoms with Gasteiger partial charge >= 0.3 is 11.9 Å². The Bertz CT molecular complexity index is 565. The number of hydrogen-bond acceptors (Lipinski definition) is 6. The Labute approximate surface area is 148 Å². The molecular formula is C17H30N4O4. The Balaban J connectivity index is 2.55. The number of aryl methyl sites for hydroxylation is 1. The maximum absolute atomic E-state index is 12.1. The molecule has 0 spiro atoms. The van der Waals surface area contributed by atoms with Crippen molar-refractivity contribution in [2.24, 2.45) is 5.73 Å². The summed E-state index contributed by atoms with van der Waals surface area (Å²) < 4.78 is 5.38. The van der Waals surface area contributed by atoms with Crippen LogP contribution in [0.15, 0.2) is 6.20 Å². The Hall–Kier alpha value is -1.93. The third kappa shape index (κ3) is 9.21. The van der Waals surface area contributed by atoms with Gasteiger partial charge in [0.25, 0.3) is 0 Å². The van der Waals surface area contributed by atoms with E-state index >= 15 is 0 Å². The summed E-state index contributed by atoms with van der Waals surface area (Å²) in [5.41, 5.74) is 5.94. The predicted molar refractivity (Wildman–Crippen MR) is 93.9 cm³/mol. The number of H-pyrrole nitrogens is 1. The molecule has 0 saturated heterocycles. The SMILES string of the molecule is Cc1cnc(CN(CCCC[C@H](N)C(=O)O)CC(=O)OC(C)(C)C)[nH]1. The molecule has 25 heavy (non-hydrogen) atoms. The number of nitrogens with one attached hydrogen (secondary N) is 1. The number of esters is 1. The number of carboxylic acid groups (broad SMARTS) is 1. The Kier molecular flexibility index (Phi) is 8.05. The third-order valence-corrected chi connectivity index (χ3v) is 3.46. The van der Waals surface area contributed by atoms with Gasteiger partial charge in [-0.25, -0.2) is 4.98 Å². The van der Waals surface area contributed by atoms with Crippen LogP contribution in [0.1, 0.15) is 51.6 Å². The first-order valence-electron chi connectivity index (χ1n) is 8.50. The van der Waals surface area contributed by atoms with Gasteiger partial charge in [0.2, 0.25) is 0 Å². The van der Waals surface area contributed by atoms with Gasteiger partial charge in [-0.1, -0.05) is 6.42 Å². The molecule has 0 aliphatic rings. The monoisotopic (exact) mass is 354 g/mol. The lowest BCUT2D eigenvalue weighted by Crippen LogP contribution is -2.35. The number of rotatable bonds is 10. The molecule has 0 fully saturated rings. The third-order valence-electron chi connectivity index (χ3n) is 3.46. The fourth-order valence-electron chi connectivity index (χ4n) is 2.35. The van der Waals surface area contributed by atoms with Crippen molar-refractivity contribution < 1.29 is 19.4 Å². The molecule has 1 rings (SSSR count). The maximum atomic E-state index is 12.1. The van der Waals surface area contributed by atoms with Crippen molar-refractivity contribution in [1.29, 1.82) is 0 Å². The van der Waals surface area contributed by atoms with E-state index < -0.39 is 17.6 Å².